The molecule has 0 aromatic heterocycles. The Hall–Kier alpha value is 0.853. The summed E-state index contributed by atoms with van der Waals surface area (Å²) in [5.74, 6) is 0. The van der Waals surface area contributed by atoms with Gasteiger partial charge in [0, 0.05) is 0 Å². The maximum atomic E-state index is 2.48. The topological polar surface area (TPSA) is 0 Å². The Labute approximate surface area is 130 Å². The van der Waals surface area contributed by atoms with Gasteiger partial charge in [-0.1, -0.05) is 0 Å². The van der Waals surface area contributed by atoms with E-state index in [9.17, 15) is 0 Å². The largest absolute Gasteiger partial charge is 1.00 e. The summed E-state index contributed by atoms with van der Waals surface area (Å²) in [6, 6.07) is 0. The third kappa shape index (κ3) is 3.66. The molecule has 0 bridgehead atoms. The minimum atomic E-state index is -0.440. The molecule has 0 saturated carbocycles. The molecule has 2 aliphatic rings. The number of halogens is 2. The van der Waals surface area contributed by atoms with Gasteiger partial charge in [0.25, 0.3) is 0 Å². The first kappa shape index (κ1) is 17.9. The summed E-state index contributed by atoms with van der Waals surface area (Å²) in [5, 5.41) is 1.60. The van der Waals surface area contributed by atoms with Crippen LogP contribution >= 0.6 is 8.20 Å². The first-order valence-electron chi connectivity index (χ1n) is 5.41. The summed E-state index contributed by atoms with van der Waals surface area (Å²) in [6.45, 7) is 9.42. The minimum absolute atomic E-state index is 0. The van der Waals surface area contributed by atoms with Gasteiger partial charge in [0.1, 0.15) is 0 Å². The van der Waals surface area contributed by atoms with Crippen LogP contribution in [0.5, 0.6) is 0 Å². The van der Waals surface area contributed by atoms with Crippen molar-refractivity contribution >= 4 is 13.5 Å². The normalized spacial score (nSPS) is 26.8. The van der Waals surface area contributed by atoms with Crippen molar-refractivity contribution in [3.05, 3.63) is 32.7 Å². The molecular weight excluding hydrogens is 349 g/mol. The molecule has 1 heterocycles. The number of hydrogen-bond acceptors (Lipinski definition) is 0. The van der Waals surface area contributed by atoms with Crippen LogP contribution in [0.1, 0.15) is 34.1 Å². The Morgan fingerprint density at radius 1 is 1.24 bits per heavy atom. The van der Waals surface area contributed by atoms with E-state index < -0.39 is 23.2 Å². The molecule has 4 heteroatoms. The van der Waals surface area contributed by atoms with Gasteiger partial charge in [-0.25, -0.2) is 0 Å². The predicted octanol–water partition coefficient (Wildman–Crippen LogP) is -1.87. The van der Waals surface area contributed by atoms with Crippen molar-refractivity contribution < 1.29 is 48.0 Å². The van der Waals surface area contributed by atoms with Crippen LogP contribution < -0.4 is 24.8 Å². The summed E-state index contributed by atoms with van der Waals surface area (Å²) in [4.78, 5) is 0. The molecule has 0 saturated heterocycles. The van der Waals surface area contributed by atoms with Gasteiger partial charge in [-0.3, -0.25) is 0 Å². The first-order chi connectivity index (χ1) is 7.03. The van der Waals surface area contributed by atoms with Crippen LogP contribution in [0.4, 0.5) is 0 Å². The zero-order valence-corrected chi connectivity index (χ0v) is 15.5. The molecule has 0 radical (unpaired) electrons. The average Bonchev–Trinajstić information content (AvgIpc) is 2.72. The van der Waals surface area contributed by atoms with Crippen LogP contribution in [-0.4, -0.2) is 8.16 Å². The average molecular weight is 366 g/mol. The fraction of sp³-hybridized carbons (Fsp3) is 0.462. The van der Waals surface area contributed by atoms with E-state index in [-0.39, 0.29) is 24.8 Å². The fourth-order valence-corrected chi connectivity index (χ4v) is 9.45. The molecule has 0 fully saturated rings. The molecule has 0 nitrogen and oxygen atoms in total. The van der Waals surface area contributed by atoms with E-state index >= 15 is 0 Å². The van der Waals surface area contributed by atoms with Crippen molar-refractivity contribution in [3.8, 4) is 0 Å². The molecule has 1 aliphatic heterocycles. The quantitative estimate of drug-likeness (QED) is 0.503. The summed E-state index contributed by atoms with van der Waals surface area (Å²) < 4.78 is 2.30. The molecule has 92 valence electrons. The van der Waals surface area contributed by atoms with Crippen LogP contribution in [0.3, 0.4) is 0 Å². The number of hydrogen-bond donors (Lipinski definition) is 0. The van der Waals surface area contributed by atoms with E-state index in [1.807, 2.05) is 0 Å². The Balaban J connectivity index is 0.00000128. The molecule has 1 atom stereocenters. The summed E-state index contributed by atoms with van der Waals surface area (Å²) in [5.41, 5.74) is 3.24. The molecule has 0 spiro atoms. The maximum Gasteiger partial charge on any atom is -1.00 e. The molecule has 0 N–H and O–H groups in total. The number of rotatable bonds is 2. The summed E-state index contributed by atoms with van der Waals surface area (Å²) in [7, 11) is 1.59. The Morgan fingerprint density at radius 3 is 2.29 bits per heavy atom. The van der Waals surface area contributed by atoms with Gasteiger partial charge in [0.15, 0.2) is 0 Å². The van der Waals surface area contributed by atoms with Gasteiger partial charge >= 0.3 is 106 Å². The van der Waals surface area contributed by atoms with Gasteiger partial charge in [-0.15, -0.1) is 0 Å². The number of allylic oxidation sites excluding steroid dienone is 6. The van der Waals surface area contributed by atoms with Crippen molar-refractivity contribution in [2.75, 3.05) is 0 Å². The SMILES string of the molecule is CC1=P[C](C)([Zr+2][C]2=CC=CC2)C(C)=C1C.[Cl-].[Cl-]. The van der Waals surface area contributed by atoms with Gasteiger partial charge in [0.05, 0.1) is 0 Å². The van der Waals surface area contributed by atoms with Crippen LogP contribution in [-0.2, 0) is 23.2 Å². The first-order valence-corrected chi connectivity index (χ1v) is 8.77. The van der Waals surface area contributed by atoms with Crippen molar-refractivity contribution in [3.63, 3.8) is 0 Å². The molecular formula is C13H17Cl2PZr. The van der Waals surface area contributed by atoms with E-state index in [0.717, 1.165) is 0 Å². The third-order valence-corrected chi connectivity index (χ3v) is 10.2. The minimum Gasteiger partial charge on any atom is -1.00 e. The van der Waals surface area contributed by atoms with Crippen molar-refractivity contribution in [1.82, 2.24) is 0 Å². The van der Waals surface area contributed by atoms with Crippen molar-refractivity contribution in [1.29, 1.82) is 0 Å². The predicted molar refractivity (Wildman–Crippen MR) is 66.2 cm³/mol. The van der Waals surface area contributed by atoms with E-state index in [2.05, 4.69) is 45.9 Å². The van der Waals surface area contributed by atoms with Crippen LogP contribution in [0.2, 0.25) is 0 Å². The molecule has 0 amide bonds. The Kier molecular flexibility index (Phi) is 7.20. The van der Waals surface area contributed by atoms with Gasteiger partial charge < -0.3 is 24.8 Å². The van der Waals surface area contributed by atoms with Crippen LogP contribution in [0.15, 0.2) is 32.7 Å². The second-order valence-corrected chi connectivity index (χ2v) is 11.9. The molecule has 1 aliphatic carbocycles. The second kappa shape index (κ2) is 6.86. The van der Waals surface area contributed by atoms with Crippen molar-refractivity contribution in [2.45, 2.75) is 37.0 Å². The second-order valence-electron chi connectivity index (χ2n) is 4.47. The van der Waals surface area contributed by atoms with Crippen molar-refractivity contribution in [2.24, 2.45) is 0 Å². The Bertz CT molecular complexity index is 421. The van der Waals surface area contributed by atoms with E-state index in [0.29, 0.717) is 2.86 Å². The zero-order valence-electron chi connectivity index (χ0n) is 10.6. The van der Waals surface area contributed by atoms with Crippen LogP contribution in [0.25, 0.3) is 0 Å². The van der Waals surface area contributed by atoms with Gasteiger partial charge in [-0.2, -0.15) is 0 Å². The molecule has 0 aromatic rings. The molecule has 0 aromatic carbocycles. The van der Waals surface area contributed by atoms with E-state index in [4.69, 9.17) is 0 Å². The van der Waals surface area contributed by atoms with Crippen LogP contribution in [0, 0.1) is 0 Å². The zero-order chi connectivity index (χ0) is 11.1. The molecule has 17 heavy (non-hydrogen) atoms. The van der Waals surface area contributed by atoms with Gasteiger partial charge in [-0.05, 0) is 0 Å². The molecule has 2 rings (SSSR count). The monoisotopic (exact) mass is 364 g/mol. The van der Waals surface area contributed by atoms with E-state index in [1.54, 1.807) is 27.9 Å². The molecule has 1 unspecified atom stereocenters. The Morgan fingerprint density at radius 2 is 1.88 bits per heavy atom. The van der Waals surface area contributed by atoms with E-state index in [1.165, 1.54) is 6.42 Å². The van der Waals surface area contributed by atoms with Gasteiger partial charge in [0.2, 0.25) is 0 Å². The standard InChI is InChI=1S/C8H12P.C5H5.2ClH.Zr/c1-5-6(2)8(4)9-7(5)3;1-2-4-5-3-1;;;/h1-4H3;1-3H,4H2;2*1H;/q;;;;+2/p-2. The maximum absolute atomic E-state index is 2.48. The fourth-order valence-electron chi connectivity index (χ4n) is 2.11. The summed E-state index contributed by atoms with van der Waals surface area (Å²) >= 11 is -0.440. The third-order valence-electron chi connectivity index (χ3n) is 3.40. The summed E-state index contributed by atoms with van der Waals surface area (Å²) in [6.07, 6.45) is 8.13. The smallest absolute Gasteiger partial charge is 1.00 e.